The van der Waals surface area contributed by atoms with E-state index in [0.717, 1.165) is 30.5 Å². The van der Waals surface area contributed by atoms with Crippen LogP contribution in [0.2, 0.25) is 0 Å². The standard InChI is InChI=1S/C25H25N5O3S/c1-2-3-13-29-23(33)19-10-4-5-11-20(19)30-24(29)26-27-25(30)34-16-21(31)17-8-6-9-18(15-17)28-14-7-12-22(28)32/h4-6,8-11,15H,2-3,7,12-14,16H2,1H3. The molecule has 1 aliphatic heterocycles. The average Bonchev–Trinajstić information content (AvgIpc) is 3.49. The number of aryl methyl sites for hydroxylation is 1. The van der Waals surface area contributed by atoms with E-state index in [1.54, 1.807) is 21.6 Å². The minimum atomic E-state index is -0.0788. The van der Waals surface area contributed by atoms with Gasteiger partial charge < -0.3 is 4.90 Å². The summed E-state index contributed by atoms with van der Waals surface area (Å²) in [6.07, 6.45) is 3.20. The third kappa shape index (κ3) is 4.00. The number of amides is 1. The molecule has 0 radical (unpaired) electrons. The van der Waals surface area contributed by atoms with E-state index in [4.69, 9.17) is 0 Å². The highest BCUT2D eigenvalue weighted by Gasteiger charge is 2.23. The molecule has 1 saturated heterocycles. The van der Waals surface area contributed by atoms with E-state index in [-0.39, 0.29) is 23.0 Å². The van der Waals surface area contributed by atoms with Gasteiger partial charge >= 0.3 is 0 Å². The number of carbonyl (C=O) groups excluding carboxylic acids is 2. The Bertz CT molecular complexity index is 1460. The van der Waals surface area contributed by atoms with Crippen LogP contribution in [0.4, 0.5) is 5.69 Å². The number of hydrogen-bond donors (Lipinski definition) is 0. The Morgan fingerprint density at radius 3 is 2.74 bits per heavy atom. The summed E-state index contributed by atoms with van der Waals surface area (Å²) in [4.78, 5) is 39.9. The van der Waals surface area contributed by atoms with Crippen molar-refractivity contribution in [2.24, 2.45) is 0 Å². The van der Waals surface area contributed by atoms with Gasteiger partial charge in [-0.05, 0) is 37.1 Å². The maximum atomic E-state index is 13.1. The van der Waals surface area contributed by atoms with Crippen molar-refractivity contribution in [3.05, 3.63) is 64.4 Å². The first-order valence-electron chi connectivity index (χ1n) is 11.5. The van der Waals surface area contributed by atoms with Gasteiger partial charge in [0.15, 0.2) is 10.9 Å². The number of benzene rings is 2. The Labute approximate surface area is 200 Å². The Morgan fingerprint density at radius 2 is 1.94 bits per heavy atom. The molecule has 34 heavy (non-hydrogen) atoms. The van der Waals surface area contributed by atoms with Gasteiger partial charge in [0.1, 0.15) is 0 Å². The minimum Gasteiger partial charge on any atom is -0.312 e. The van der Waals surface area contributed by atoms with Crippen LogP contribution in [0.5, 0.6) is 0 Å². The van der Waals surface area contributed by atoms with Gasteiger partial charge in [-0.1, -0.05) is 49.4 Å². The monoisotopic (exact) mass is 475 g/mol. The number of Topliss-reactive ketones (excluding diaryl/α,β-unsaturated/α-hetero) is 1. The second-order valence-corrected chi connectivity index (χ2v) is 9.30. The van der Waals surface area contributed by atoms with Crippen molar-refractivity contribution in [2.45, 2.75) is 44.3 Å². The van der Waals surface area contributed by atoms with Crippen molar-refractivity contribution in [1.29, 1.82) is 0 Å². The summed E-state index contributed by atoms with van der Waals surface area (Å²) in [5, 5.41) is 9.79. The summed E-state index contributed by atoms with van der Waals surface area (Å²) >= 11 is 1.30. The number of rotatable bonds is 8. The van der Waals surface area contributed by atoms with Crippen LogP contribution in [0.15, 0.2) is 58.5 Å². The van der Waals surface area contributed by atoms with Gasteiger partial charge in [0, 0.05) is 30.8 Å². The fraction of sp³-hybridized carbons (Fsp3) is 0.320. The number of aromatic nitrogens is 4. The van der Waals surface area contributed by atoms with Gasteiger partial charge in [0.2, 0.25) is 11.7 Å². The molecule has 1 fully saturated rings. The molecule has 3 heterocycles. The minimum absolute atomic E-state index is 0.0566. The molecule has 2 aromatic carbocycles. The molecule has 0 bridgehead atoms. The zero-order chi connectivity index (χ0) is 23.7. The van der Waals surface area contributed by atoms with Gasteiger partial charge in [-0.2, -0.15) is 0 Å². The first-order chi connectivity index (χ1) is 16.6. The zero-order valence-electron chi connectivity index (χ0n) is 18.9. The number of para-hydroxylation sites is 1. The van der Waals surface area contributed by atoms with Gasteiger partial charge in [-0.15, -0.1) is 10.2 Å². The summed E-state index contributed by atoms with van der Waals surface area (Å²) in [5.74, 6) is 0.691. The number of anilines is 1. The number of thioether (sulfide) groups is 1. The van der Waals surface area contributed by atoms with Crippen molar-refractivity contribution in [3.63, 3.8) is 0 Å². The Hall–Kier alpha value is -3.46. The lowest BCUT2D eigenvalue weighted by molar-refractivity contribution is -0.117. The van der Waals surface area contributed by atoms with Crippen LogP contribution in [0.1, 0.15) is 43.0 Å². The lowest BCUT2D eigenvalue weighted by Gasteiger charge is -2.16. The van der Waals surface area contributed by atoms with Crippen molar-refractivity contribution >= 4 is 45.8 Å². The average molecular weight is 476 g/mol. The van der Waals surface area contributed by atoms with Gasteiger partial charge in [-0.25, -0.2) is 0 Å². The molecule has 4 aromatic rings. The molecule has 1 amide bonds. The van der Waals surface area contributed by atoms with Crippen molar-refractivity contribution < 1.29 is 9.59 Å². The van der Waals surface area contributed by atoms with E-state index in [9.17, 15) is 14.4 Å². The number of nitrogens with zero attached hydrogens (tertiary/aromatic N) is 5. The van der Waals surface area contributed by atoms with Crippen molar-refractivity contribution in [3.8, 4) is 0 Å². The molecule has 174 valence electrons. The highest BCUT2D eigenvalue weighted by Crippen LogP contribution is 2.25. The van der Waals surface area contributed by atoms with Crippen LogP contribution in [-0.4, -0.2) is 43.2 Å². The smallest absolute Gasteiger partial charge is 0.262 e. The van der Waals surface area contributed by atoms with Crippen molar-refractivity contribution in [2.75, 3.05) is 17.2 Å². The van der Waals surface area contributed by atoms with Crippen LogP contribution < -0.4 is 10.5 Å². The quantitative estimate of drug-likeness (QED) is 0.283. The normalized spacial score (nSPS) is 13.9. The number of unbranched alkanes of at least 4 members (excludes halogenated alkanes) is 1. The second-order valence-electron chi connectivity index (χ2n) is 8.36. The molecule has 0 N–H and O–H groups in total. The van der Waals surface area contributed by atoms with Gasteiger partial charge in [0.05, 0.1) is 16.7 Å². The second kappa shape index (κ2) is 9.42. The maximum Gasteiger partial charge on any atom is 0.262 e. The predicted molar refractivity (Wildman–Crippen MR) is 133 cm³/mol. The van der Waals surface area contributed by atoms with Gasteiger partial charge in [-0.3, -0.25) is 23.4 Å². The molecule has 5 rings (SSSR count). The topological polar surface area (TPSA) is 89.6 Å². The third-order valence-corrected chi connectivity index (χ3v) is 7.03. The molecule has 0 atom stereocenters. The number of ketones is 1. The Kier molecular flexibility index (Phi) is 6.19. The SMILES string of the molecule is CCCCn1c(=O)c2ccccc2n2c(SCC(=O)c3cccc(N4CCCC4=O)c3)nnc12. The van der Waals surface area contributed by atoms with Gasteiger partial charge in [0.25, 0.3) is 5.56 Å². The molecular weight excluding hydrogens is 450 g/mol. The molecule has 0 unspecified atom stereocenters. The predicted octanol–water partition coefficient (Wildman–Crippen LogP) is 3.95. The zero-order valence-corrected chi connectivity index (χ0v) is 19.8. The van der Waals surface area contributed by atoms with Crippen LogP contribution in [0.3, 0.4) is 0 Å². The summed E-state index contributed by atoms with van der Waals surface area (Å²) in [6.45, 7) is 3.33. The third-order valence-electron chi connectivity index (χ3n) is 6.10. The molecule has 9 heteroatoms. The molecule has 8 nitrogen and oxygen atoms in total. The summed E-state index contributed by atoms with van der Waals surface area (Å²) < 4.78 is 3.53. The van der Waals surface area contributed by atoms with Crippen LogP contribution in [0.25, 0.3) is 16.7 Å². The van der Waals surface area contributed by atoms with Crippen LogP contribution in [-0.2, 0) is 11.3 Å². The highest BCUT2D eigenvalue weighted by atomic mass is 32.2. The summed E-state index contributed by atoms with van der Waals surface area (Å²) in [5.41, 5.74) is 1.97. The fourth-order valence-electron chi connectivity index (χ4n) is 4.33. The number of carbonyl (C=O) groups is 2. The summed E-state index contributed by atoms with van der Waals surface area (Å²) in [7, 11) is 0. The molecule has 0 spiro atoms. The molecule has 0 saturated carbocycles. The Morgan fingerprint density at radius 1 is 1.09 bits per heavy atom. The van der Waals surface area contributed by atoms with E-state index < -0.39 is 0 Å². The first kappa shape index (κ1) is 22.3. The molecule has 0 aliphatic carbocycles. The van der Waals surface area contributed by atoms with E-state index in [1.807, 2.05) is 40.8 Å². The summed E-state index contributed by atoms with van der Waals surface area (Å²) in [6, 6.07) is 14.6. The van der Waals surface area contributed by atoms with E-state index >= 15 is 0 Å². The molecule has 1 aliphatic rings. The number of fused-ring (bicyclic) bond motifs is 3. The van der Waals surface area contributed by atoms with E-state index in [1.165, 1.54) is 11.8 Å². The lowest BCUT2D eigenvalue weighted by atomic mass is 10.1. The van der Waals surface area contributed by atoms with Crippen molar-refractivity contribution in [1.82, 2.24) is 19.2 Å². The fourth-order valence-corrected chi connectivity index (χ4v) is 5.16. The van der Waals surface area contributed by atoms with E-state index in [0.29, 0.717) is 41.4 Å². The molecule has 2 aromatic heterocycles. The lowest BCUT2D eigenvalue weighted by Crippen LogP contribution is -2.24. The maximum absolute atomic E-state index is 13.1. The Balaban J connectivity index is 1.45. The first-order valence-corrected chi connectivity index (χ1v) is 12.5. The number of hydrogen-bond acceptors (Lipinski definition) is 6. The van der Waals surface area contributed by atoms with Crippen LogP contribution in [0, 0.1) is 0 Å². The van der Waals surface area contributed by atoms with Crippen LogP contribution >= 0.6 is 11.8 Å². The highest BCUT2D eigenvalue weighted by molar-refractivity contribution is 7.99. The molecular formula is C25H25N5O3S. The van der Waals surface area contributed by atoms with E-state index in [2.05, 4.69) is 17.1 Å². The largest absolute Gasteiger partial charge is 0.312 e.